The Kier molecular flexibility index (Phi) is 4.59. The number of aliphatic hydroxyl groups is 1. The van der Waals surface area contributed by atoms with Crippen LogP contribution in [-0.4, -0.2) is 29.3 Å². The molecule has 2 aromatic rings. The third kappa shape index (κ3) is 3.45. The predicted molar refractivity (Wildman–Crippen MR) is 77.0 cm³/mol. The minimum Gasteiger partial charge on any atom is -0.391 e. The molecule has 0 fully saturated rings. The lowest BCUT2D eigenvalue weighted by molar-refractivity contribution is 0.285. The number of aryl methyl sites for hydroxylation is 1. The summed E-state index contributed by atoms with van der Waals surface area (Å²) in [4.78, 5) is 1.55. The SMILES string of the molecule is Cc1sc(CO)cc1S(=O)(=O)NC(C)Cn1cccn1. The van der Waals surface area contributed by atoms with Gasteiger partial charge in [-0.2, -0.15) is 5.10 Å². The quantitative estimate of drug-likeness (QED) is 0.836. The van der Waals surface area contributed by atoms with E-state index in [-0.39, 0.29) is 17.5 Å². The second-order valence-electron chi connectivity index (χ2n) is 4.54. The van der Waals surface area contributed by atoms with Crippen LogP contribution in [0.25, 0.3) is 0 Å². The first-order chi connectivity index (χ1) is 9.42. The van der Waals surface area contributed by atoms with Crippen molar-refractivity contribution in [2.45, 2.75) is 37.9 Å². The molecular formula is C12H17N3O3S2. The van der Waals surface area contributed by atoms with Crippen molar-refractivity contribution in [3.8, 4) is 0 Å². The van der Waals surface area contributed by atoms with Gasteiger partial charge in [-0.15, -0.1) is 11.3 Å². The molecule has 0 aliphatic heterocycles. The number of sulfonamides is 1. The van der Waals surface area contributed by atoms with Crippen molar-refractivity contribution >= 4 is 21.4 Å². The summed E-state index contributed by atoms with van der Waals surface area (Å²) >= 11 is 1.29. The van der Waals surface area contributed by atoms with E-state index in [4.69, 9.17) is 5.11 Å². The molecule has 0 saturated carbocycles. The van der Waals surface area contributed by atoms with Gasteiger partial charge in [0.05, 0.1) is 18.0 Å². The molecule has 2 N–H and O–H groups in total. The Hall–Kier alpha value is -1.22. The van der Waals surface area contributed by atoms with Gasteiger partial charge in [-0.25, -0.2) is 13.1 Å². The predicted octanol–water partition coefficient (Wildman–Crippen LogP) is 1.11. The molecule has 110 valence electrons. The molecule has 1 unspecified atom stereocenters. The number of nitrogens with zero attached hydrogens (tertiary/aromatic N) is 2. The van der Waals surface area contributed by atoms with Crippen LogP contribution in [0.3, 0.4) is 0 Å². The van der Waals surface area contributed by atoms with Crippen LogP contribution in [-0.2, 0) is 23.2 Å². The zero-order chi connectivity index (χ0) is 14.8. The topological polar surface area (TPSA) is 84.2 Å². The van der Waals surface area contributed by atoms with Crippen molar-refractivity contribution in [1.29, 1.82) is 0 Å². The Bertz CT molecular complexity index is 662. The van der Waals surface area contributed by atoms with E-state index in [1.165, 1.54) is 17.4 Å². The number of nitrogens with one attached hydrogen (secondary N) is 1. The van der Waals surface area contributed by atoms with Gasteiger partial charge in [0.1, 0.15) is 0 Å². The van der Waals surface area contributed by atoms with Crippen LogP contribution in [0.15, 0.2) is 29.4 Å². The monoisotopic (exact) mass is 315 g/mol. The molecule has 6 nitrogen and oxygen atoms in total. The van der Waals surface area contributed by atoms with E-state index in [1.807, 2.05) is 0 Å². The molecule has 0 radical (unpaired) electrons. The van der Waals surface area contributed by atoms with Crippen LogP contribution in [0, 0.1) is 6.92 Å². The zero-order valence-corrected chi connectivity index (χ0v) is 12.9. The highest BCUT2D eigenvalue weighted by molar-refractivity contribution is 7.89. The maximum absolute atomic E-state index is 12.3. The lowest BCUT2D eigenvalue weighted by Crippen LogP contribution is -2.35. The van der Waals surface area contributed by atoms with Crippen LogP contribution in [0.2, 0.25) is 0 Å². The Labute approximate surface area is 122 Å². The first kappa shape index (κ1) is 15.2. The van der Waals surface area contributed by atoms with Crippen LogP contribution >= 0.6 is 11.3 Å². The minimum atomic E-state index is -3.57. The van der Waals surface area contributed by atoms with E-state index in [1.54, 1.807) is 37.0 Å². The summed E-state index contributed by atoms with van der Waals surface area (Å²) in [7, 11) is -3.57. The molecule has 0 amide bonds. The van der Waals surface area contributed by atoms with E-state index in [2.05, 4.69) is 9.82 Å². The maximum Gasteiger partial charge on any atom is 0.241 e. The smallest absolute Gasteiger partial charge is 0.241 e. The average Bonchev–Trinajstić information content (AvgIpc) is 2.97. The second-order valence-corrected chi connectivity index (χ2v) is 7.56. The molecule has 0 aliphatic carbocycles. The van der Waals surface area contributed by atoms with Gasteiger partial charge in [0, 0.05) is 28.2 Å². The zero-order valence-electron chi connectivity index (χ0n) is 11.3. The summed E-state index contributed by atoms with van der Waals surface area (Å²) < 4.78 is 28.9. The Morgan fingerprint density at radius 1 is 1.55 bits per heavy atom. The highest BCUT2D eigenvalue weighted by Crippen LogP contribution is 2.25. The average molecular weight is 315 g/mol. The van der Waals surface area contributed by atoms with Gasteiger partial charge in [0.15, 0.2) is 0 Å². The molecular weight excluding hydrogens is 298 g/mol. The Balaban J connectivity index is 2.12. The number of thiophene rings is 1. The molecule has 0 aromatic carbocycles. The van der Waals surface area contributed by atoms with Crippen LogP contribution in [0.1, 0.15) is 16.7 Å². The molecule has 0 aliphatic rings. The lowest BCUT2D eigenvalue weighted by atomic mass is 10.4. The minimum absolute atomic E-state index is 0.149. The number of hydrogen-bond acceptors (Lipinski definition) is 5. The van der Waals surface area contributed by atoms with Crippen molar-refractivity contribution in [3.05, 3.63) is 34.3 Å². The first-order valence-corrected chi connectivity index (χ1v) is 8.42. The molecule has 2 rings (SSSR count). The number of hydrogen-bond donors (Lipinski definition) is 2. The lowest BCUT2D eigenvalue weighted by Gasteiger charge is -2.14. The third-order valence-corrected chi connectivity index (χ3v) is 5.63. The molecule has 8 heteroatoms. The van der Waals surface area contributed by atoms with Crippen molar-refractivity contribution in [1.82, 2.24) is 14.5 Å². The van der Waals surface area contributed by atoms with Gasteiger partial charge < -0.3 is 5.11 Å². The summed E-state index contributed by atoms with van der Waals surface area (Å²) in [6, 6.07) is 3.03. The van der Waals surface area contributed by atoms with E-state index in [0.717, 1.165) is 0 Å². The standard InChI is InChI=1S/C12H17N3O3S2/c1-9(7-15-5-3-4-13-15)14-20(17,18)12-6-11(8-16)19-10(12)2/h3-6,9,14,16H,7-8H2,1-2H3. The molecule has 20 heavy (non-hydrogen) atoms. The highest BCUT2D eigenvalue weighted by Gasteiger charge is 2.22. The fraction of sp³-hybridized carbons (Fsp3) is 0.417. The third-order valence-electron chi connectivity index (χ3n) is 2.75. The van der Waals surface area contributed by atoms with E-state index in [9.17, 15) is 8.42 Å². The van der Waals surface area contributed by atoms with Gasteiger partial charge in [0.2, 0.25) is 10.0 Å². The first-order valence-electron chi connectivity index (χ1n) is 6.12. The molecule has 0 spiro atoms. The summed E-state index contributed by atoms with van der Waals surface area (Å²) in [6.45, 7) is 3.83. The Morgan fingerprint density at radius 3 is 2.85 bits per heavy atom. The normalized spacial score (nSPS) is 13.6. The van der Waals surface area contributed by atoms with Crippen LogP contribution in [0.5, 0.6) is 0 Å². The fourth-order valence-corrected chi connectivity index (χ4v) is 4.65. The Morgan fingerprint density at radius 2 is 2.30 bits per heavy atom. The van der Waals surface area contributed by atoms with Crippen molar-refractivity contribution < 1.29 is 13.5 Å². The summed E-state index contributed by atoms with van der Waals surface area (Å²) in [5.41, 5.74) is 0. The van der Waals surface area contributed by atoms with Gasteiger partial charge in [0.25, 0.3) is 0 Å². The second kappa shape index (κ2) is 6.04. The highest BCUT2D eigenvalue weighted by atomic mass is 32.2. The molecule has 2 heterocycles. The summed E-state index contributed by atoms with van der Waals surface area (Å²) in [6.07, 6.45) is 3.43. The van der Waals surface area contributed by atoms with E-state index < -0.39 is 10.0 Å². The molecule has 0 saturated heterocycles. The summed E-state index contributed by atoms with van der Waals surface area (Å²) in [5.74, 6) is 0. The fourth-order valence-electron chi connectivity index (χ4n) is 1.92. The van der Waals surface area contributed by atoms with E-state index >= 15 is 0 Å². The van der Waals surface area contributed by atoms with Crippen molar-refractivity contribution in [2.24, 2.45) is 0 Å². The van der Waals surface area contributed by atoms with Gasteiger partial charge in [-0.05, 0) is 26.0 Å². The van der Waals surface area contributed by atoms with Crippen molar-refractivity contribution in [3.63, 3.8) is 0 Å². The maximum atomic E-state index is 12.3. The number of aliphatic hydroxyl groups excluding tert-OH is 1. The van der Waals surface area contributed by atoms with Crippen molar-refractivity contribution in [2.75, 3.05) is 0 Å². The molecule has 2 aromatic heterocycles. The van der Waals surface area contributed by atoms with Gasteiger partial charge in [-0.3, -0.25) is 4.68 Å². The van der Waals surface area contributed by atoms with Gasteiger partial charge >= 0.3 is 0 Å². The van der Waals surface area contributed by atoms with Gasteiger partial charge in [-0.1, -0.05) is 0 Å². The number of aromatic nitrogens is 2. The number of rotatable bonds is 6. The largest absolute Gasteiger partial charge is 0.391 e. The molecule has 1 atom stereocenters. The summed E-state index contributed by atoms with van der Waals surface area (Å²) in [5, 5.41) is 13.1. The molecule has 0 bridgehead atoms. The van der Waals surface area contributed by atoms with Crippen LogP contribution < -0.4 is 4.72 Å². The van der Waals surface area contributed by atoms with Crippen LogP contribution in [0.4, 0.5) is 0 Å². The van der Waals surface area contributed by atoms with E-state index in [0.29, 0.717) is 16.3 Å².